The Hall–Kier alpha value is -1.61. The molecule has 0 bridgehead atoms. The highest BCUT2D eigenvalue weighted by Crippen LogP contribution is 2.25. The van der Waals surface area contributed by atoms with Crippen molar-refractivity contribution >= 4 is 38.9 Å². The summed E-state index contributed by atoms with van der Waals surface area (Å²) in [7, 11) is -1.85. The van der Waals surface area contributed by atoms with E-state index in [0.29, 0.717) is 16.8 Å². The number of hydrogen-bond donors (Lipinski definition) is 3. The minimum atomic E-state index is -3.53. The number of nitrogens with one attached hydrogen (secondary N) is 3. The molecule has 1 unspecified atom stereocenters. The van der Waals surface area contributed by atoms with E-state index in [-0.39, 0.29) is 16.8 Å². The first-order valence-corrected chi connectivity index (χ1v) is 10.8. The average molecular weight is 415 g/mol. The molecule has 1 aromatic heterocycles. The lowest BCUT2D eigenvalue weighted by Gasteiger charge is -2.20. The van der Waals surface area contributed by atoms with Gasteiger partial charge in [-0.25, -0.2) is 13.1 Å². The third-order valence-electron chi connectivity index (χ3n) is 3.75. The van der Waals surface area contributed by atoms with Crippen LogP contribution in [0.1, 0.15) is 24.1 Å². The zero-order valence-electron chi connectivity index (χ0n) is 14.9. The lowest BCUT2D eigenvalue weighted by atomic mass is 10.0. The number of aryl methyl sites for hydroxylation is 1. The molecular formula is C17H23ClN4O2S2. The quantitative estimate of drug-likeness (QED) is 0.369. The summed E-state index contributed by atoms with van der Waals surface area (Å²) < 4.78 is 27.4. The van der Waals surface area contributed by atoms with Gasteiger partial charge in [0, 0.05) is 20.1 Å². The van der Waals surface area contributed by atoms with E-state index in [1.807, 2.05) is 12.1 Å². The van der Waals surface area contributed by atoms with Crippen LogP contribution in [0, 0.1) is 6.92 Å². The lowest BCUT2D eigenvalue weighted by molar-refractivity contribution is 0.582. The third-order valence-corrected chi connectivity index (χ3v) is 6.94. The van der Waals surface area contributed by atoms with E-state index in [0.717, 1.165) is 11.3 Å². The fourth-order valence-electron chi connectivity index (χ4n) is 2.43. The number of benzene rings is 1. The highest BCUT2D eigenvalue weighted by molar-refractivity contribution is 7.91. The van der Waals surface area contributed by atoms with Crippen molar-refractivity contribution < 1.29 is 8.42 Å². The smallest absolute Gasteiger partial charge is 0.250 e. The van der Waals surface area contributed by atoms with Crippen molar-refractivity contribution in [3.8, 4) is 0 Å². The molecule has 142 valence electrons. The van der Waals surface area contributed by atoms with Crippen molar-refractivity contribution in [2.24, 2.45) is 4.99 Å². The van der Waals surface area contributed by atoms with Gasteiger partial charge in [-0.2, -0.15) is 0 Å². The van der Waals surface area contributed by atoms with Crippen molar-refractivity contribution in [3.05, 3.63) is 51.9 Å². The highest BCUT2D eigenvalue weighted by atomic mass is 35.5. The number of guanidine groups is 1. The van der Waals surface area contributed by atoms with E-state index < -0.39 is 10.0 Å². The largest absolute Gasteiger partial charge is 0.355 e. The normalized spacial score (nSPS) is 13.5. The second-order valence-electron chi connectivity index (χ2n) is 5.68. The Morgan fingerprint density at radius 3 is 2.58 bits per heavy atom. The summed E-state index contributed by atoms with van der Waals surface area (Å²) in [5.74, 6) is 0.610. The van der Waals surface area contributed by atoms with Gasteiger partial charge in [0.15, 0.2) is 5.96 Å². The number of hydrogen-bond acceptors (Lipinski definition) is 4. The molecule has 0 aliphatic carbocycles. The lowest BCUT2D eigenvalue weighted by Crippen LogP contribution is -2.42. The maximum absolute atomic E-state index is 12.1. The van der Waals surface area contributed by atoms with Crippen LogP contribution in [-0.4, -0.2) is 34.5 Å². The molecule has 1 atom stereocenters. The van der Waals surface area contributed by atoms with Gasteiger partial charge in [0.05, 0.1) is 10.4 Å². The first-order chi connectivity index (χ1) is 12.3. The van der Waals surface area contributed by atoms with Crippen molar-refractivity contribution in [3.63, 3.8) is 0 Å². The number of halogens is 1. The van der Waals surface area contributed by atoms with Gasteiger partial charge in [-0.05, 0) is 37.1 Å². The van der Waals surface area contributed by atoms with Crippen LogP contribution in [0.15, 0.2) is 45.6 Å². The predicted octanol–water partition coefficient (Wildman–Crippen LogP) is 2.91. The molecule has 1 heterocycles. The monoisotopic (exact) mass is 414 g/mol. The van der Waals surface area contributed by atoms with Crippen LogP contribution in [-0.2, 0) is 10.0 Å². The maximum Gasteiger partial charge on any atom is 0.250 e. The topological polar surface area (TPSA) is 82.6 Å². The maximum atomic E-state index is 12.1. The van der Waals surface area contributed by atoms with E-state index in [4.69, 9.17) is 11.6 Å². The number of aliphatic imine (C=N–C) groups is 1. The molecular weight excluding hydrogens is 392 g/mol. The average Bonchev–Trinajstić information content (AvgIpc) is 3.05. The first-order valence-electron chi connectivity index (χ1n) is 8.11. The van der Waals surface area contributed by atoms with Crippen LogP contribution in [0.4, 0.5) is 0 Å². The van der Waals surface area contributed by atoms with E-state index in [9.17, 15) is 8.42 Å². The summed E-state index contributed by atoms with van der Waals surface area (Å²) in [6, 6.07) is 11.3. The molecule has 9 heteroatoms. The molecule has 0 amide bonds. The number of nitrogens with zero attached hydrogens (tertiary/aromatic N) is 1. The molecule has 0 saturated carbocycles. The fraction of sp³-hybridized carbons (Fsp3) is 0.353. The SMILES string of the molecule is CN=C(NCCNS(=O)(=O)c1ccc(Cl)s1)NC(C)c1ccccc1C. The van der Waals surface area contributed by atoms with Gasteiger partial charge in [-0.15, -0.1) is 11.3 Å². The van der Waals surface area contributed by atoms with Gasteiger partial charge in [0.1, 0.15) is 4.21 Å². The Morgan fingerprint density at radius 2 is 1.96 bits per heavy atom. The van der Waals surface area contributed by atoms with Crippen LogP contribution < -0.4 is 15.4 Å². The summed E-state index contributed by atoms with van der Waals surface area (Å²) in [5, 5.41) is 6.41. The molecule has 0 saturated heterocycles. The van der Waals surface area contributed by atoms with Crippen molar-refractivity contribution in [2.75, 3.05) is 20.1 Å². The van der Waals surface area contributed by atoms with Crippen LogP contribution in [0.3, 0.4) is 0 Å². The van der Waals surface area contributed by atoms with Gasteiger partial charge >= 0.3 is 0 Å². The molecule has 0 radical (unpaired) electrons. The summed E-state index contributed by atoms with van der Waals surface area (Å²) in [6.45, 7) is 4.75. The molecule has 1 aromatic carbocycles. The van der Waals surface area contributed by atoms with Gasteiger partial charge in [0.25, 0.3) is 0 Å². The van der Waals surface area contributed by atoms with Gasteiger partial charge < -0.3 is 10.6 Å². The molecule has 0 aliphatic rings. The number of sulfonamides is 1. The molecule has 2 aromatic rings. The van der Waals surface area contributed by atoms with Gasteiger partial charge in [-0.3, -0.25) is 4.99 Å². The first kappa shape index (κ1) is 20.7. The van der Waals surface area contributed by atoms with E-state index in [2.05, 4.69) is 46.3 Å². The Bertz CT molecular complexity index is 865. The van der Waals surface area contributed by atoms with Crippen molar-refractivity contribution in [1.29, 1.82) is 0 Å². The predicted molar refractivity (Wildman–Crippen MR) is 109 cm³/mol. The second-order valence-corrected chi connectivity index (χ2v) is 9.39. The Labute approximate surface area is 163 Å². The molecule has 6 nitrogen and oxygen atoms in total. The van der Waals surface area contributed by atoms with E-state index >= 15 is 0 Å². The molecule has 0 spiro atoms. The van der Waals surface area contributed by atoms with Crippen molar-refractivity contribution in [1.82, 2.24) is 15.4 Å². The summed E-state index contributed by atoms with van der Waals surface area (Å²) in [6.07, 6.45) is 0. The molecule has 0 aliphatic heterocycles. The van der Waals surface area contributed by atoms with Gasteiger partial charge in [0.2, 0.25) is 10.0 Å². The highest BCUT2D eigenvalue weighted by Gasteiger charge is 2.16. The molecule has 26 heavy (non-hydrogen) atoms. The minimum absolute atomic E-state index is 0.0763. The Balaban J connectivity index is 1.83. The second kappa shape index (κ2) is 9.36. The van der Waals surface area contributed by atoms with Gasteiger partial charge in [-0.1, -0.05) is 35.9 Å². The molecule has 0 fully saturated rings. The van der Waals surface area contributed by atoms with Crippen LogP contribution in [0.5, 0.6) is 0 Å². The summed E-state index contributed by atoms with van der Waals surface area (Å²) >= 11 is 6.82. The molecule has 3 N–H and O–H groups in total. The van der Waals surface area contributed by atoms with Crippen molar-refractivity contribution in [2.45, 2.75) is 24.1 Å². The standard InChI is InChI=1S/C17H23ClN4O2S2/c1-12-6-4-5-7-14(12)13(2)22-17(19-3)20-10-11-21-26(23,24)16-9-8-15(18)25-16/h4-9,13,21H,10-11H2,1-3H3,(H2,19,20,22). The number of rotatable bonds is 7. The van der Waals surface area contributed by atoms with E-state index in [1.165, 1.54) is 17.2 Å². The Morgan fingerprint density at radius 1 is 1.23 bits per heavy atom. The van der Waals surface area contributed by atoms with Crippen LogP contribution >= 0.6 is 22.9 Å². The summed E-state index contributed by atoms with van der Waals surface area (Å²) in [4.78, 5) is 4.18. The van der Waals surface area contributed by atoms with E-state index in [1.54, 1.807) is 13.1 Å². The number of thiophene rings is 1. The zero-order valence-corrected chi connectivity index (χ0v) is 17.3. The third kappa shape index (κ3) is 5.70. The van der Waals surface area contributed by atoms with Crippen LogP contribution in [0.2, 0.25) is 4.34 Å². The molecule has 2 rings (SSSR count). The Kier molecular flexibility index (Phi) is 7.45. The zero-order chi connectivity index (χ0) is 19.2. The van der Waals surface area contributed by atoms with Crippen LogP contribution in [0.25, 0.3) is 0 Å². The minimum Gasteiger partial charge on any atom is -0.355 e. The fourth-order valence-corrected chi connectivity index (χ4v) is 4.99. The summed E-state index contributed by atoms with van der Waals surface area (Å²) in [5.41, 5.74) is 2.39.